The van der Waals surface area contributed by atoms with E-state index >= 15 is 0 Å². The number of hydrogen-bond donors (Lipinski definition) is 2. The second-order valence-corrected chi connectivity index (χ2v) is 9.15. The molecule has 10 heteroatoms. The number of carbonyl (C=O) groups excluding carboxylic acids is 1. The van der Waals surface area contributed by atoms with Crippen molar-refractivity contribution in [1.82, 2.24) is 14.5 Å². The van der Waals surface area contributed by atoms with Crippen LogP contribution >= 0.6 is 0 Å². The standard InChI is InChI=1S/C18H22N4O3.C10H14O3/c1-4-25-9-14-21-15-16(22(14)10-18(2,3)24)12-7-5-6-8-13(12)20-17(15)19-11-23;1-11-7-8-4-9(12-2)6-10(5-8)13-3/h5-8,11,24H,4,9-10H2,1-3H3,(H,19,20,23);4-6H,7H2,1-3H3. The first kappa shape index (κ1) is 28.8. The summed E-state index contributed by atoms with van der Waals surface area (Å²) in [6.45, 7) is 7.20. The Bertz CT molecular complexity index is 1340. The van der Waals surface area contributed by atoms with Gasteiger partial charge in [-0.05, 0) is 44.5 Å². The van der Waals surface area contributed by atoms with E-state index in [4.69, 9.17) is 18.9 Å². The number of aliphatic hydroxyl groups is 1. The van der Waals surface area contributed by atoms with Crippen LogP contribution in [-0.4, -0.2) is 59.6 Å². The van der Waals surface area contributed by atoms with Crippen LogP contribution in [0.15, 0.2) is 42.5 Å². The molecule has 0 saturated heterocycles. The molecular formula is C28H36N4O6. The van der Waals surface area contributed by atoms with Crippen molar-refractivity contribution in [3.05, 3.63) is 53.9 Å². The maximum absolute atomic E-state index is 11.0. The Labute approximate surface area is 222 Å². The number of nitrogens with zero attached hydrogens (tertiary/aromatic N) is 3. The SMILES string of the molecule is CCOCc1nc2c(NC=O)nc3ccccc3c2n1CC(C)(C)O.COCc1cc(OC)cc(OC)c1. The van der Waals surface area contributed by atoms with Crippen LogP contribution in [0.25, 0.3) is 21.9 Å². The Hall–Kier alpha value is -3.73. The second kappa shape index (κ2) is 13.2. The third kappa shape index (κ3) is 7.18. The highest BCUT2D eigenvalue weighted by molar-refractivity contribution is 6.08. The number of pyridine rings is 1. The molecule has 0 fully saturated rings. The number of benzene rings is 2. The number of aromatic nitrogens is 3. The van der Waals surface area contributed by atoms with E-state index in [9.17, 15) is 9.90 Å². The number of hydrogen-bond acceptors (Lipinski definition) is 8. The highest BCUT2D eigenvalue weighted by Gasteiger charge is 2.23. The number of imidazole rings is 1. The number of ether oxygens (including phenoxy) is 4. The molecule has 0 aliphatic rings. The van der Waals surface area contributed by atoms with Gasteiger partial charge in [-0.3, -0.25) is 4.79 Å². The number of methoxy groups -OCH3 is 3. The monoisotopic (exact) mass is 524 g/mol. The summed E-state index contributed by atoms with van der Waals surface area (Å²) in [5.41, 5.74) is 2.27. The number of para-hydroxylation sites is 1. The summed E-state index contributed by atoms with van der Waals surface area (Å²) < 4.78 is 22.7. The lowest BCUT2D eigenvalue weighted by molar-refractivity contribution is -0.105. The van der Waals surface area contributed by atoms with Crippen molar-refractivity contribution in [2.75, 3.05) is 33.3 Å². The Morgan fingerprint density at radius 1 is 1.03 bits per heavy atom. The third-order valence-electron chi connectivity index (χ3n) is 5.56. The molecule has 0 bridgehead atoms. The van der Waals surface area contributed by atoms with Crippen LogP contribution in [0.5, 0.6) is 11.5 Å². The average molecular weight is 525 g/mol. The summed E-state index contributed by atoms with van der Waals surface area (Å²) in [6, 6.07) is 13.3. The Morgan fingerprint density at radius 2 is 1.71 bits per heavy atom. The van der Waals surface area contributed by atoms with Crippen molar-refractivity contribution in [3.8, 4) is 11.5 Å². The zero-order chi connectivity index (χ0) is 27.7. The number of fused-ring (bicyclic) bond motifs is 3. The predicted octanol–water partition coefficient (Wildman–Crippen LogP) is 4.31. The van der Waals surface area contributed by atoms with E-state index in [1.165, 1.54) is 0 Å². The molecule has 2 aromatic heterocycles. The lowest BCUT2D eigenvalue weighted by Crippen LogP contribution is -2.27. The maximum Gasteiger partial charge on any atom is 0.212 e. The molecule has 2 aromatic carbocycles. The highest BCUT2D eigenvalue weighted by atomic mass is 16.5. The van der Waals surface area contributed by atoms with E-state index in [0.717, 1.165) is 33.5 Å². The van der Waals surface area contributed by atoms with Crippen LogP contribution in [0.2, 0.25) is 0 Å². The van der Waals surface area contributed by atoms with Gasteiger partial charge in [-0.15, -0.1) is 0 Å². The zero-order valence-electron chi connectivity index (χ0n) is 22.8. The van der Waals surface area contributed by atoms with Crippen molar-refractivity contribution < 1.29 is 28.8 Å². The summed E-state index contributed by atoms with van der Waals surface area (Å²) in [6.07, 6.45) is 0.591. The number of carbonyl (C=O) groups is 1. The summed E-state index contributed by atoms with van der Waals surface area (Å²) in [5.74, 6) is 2.65. The smallest absolute Gasteiger partial charge is 0.212 e. The highest BCUT2D eigenvalue weighted by Crippen LogP contribution is 2.31. The van der Waals surface area contributed by atoms with Crippen molar-refractivity contribution in [1.29, 1.82) is 0 Å². The normalized spacial score (nSPS) is 11.2. The average Bonchev–Trinajstić information content (AvgIpc) is 3.25. The number of nitrogens with one attached hydrogen (secondary N) is 1. The fraction of sp³-hybridized carbons (Fsp3) is 0.393. The van der Waals surface area contributed by atoms with E-state index in [1.54, 1.807) is 35.2 Å². The molecule has 0 saturated carbocycles. The van der Waals surface area contributed by atoms with Gasteiger partial charge in [0.25, 0.3) is 0 Å². The summed E-state index contributed by atoms with van der Waals surface area (Å²) in [4.78, 5) is 20.1. The van der Waals surface area contributed by atoms with Crippen LogP contribution in [0.1, 0.15) is 32.2 Å². The predicted molar refractivity (Wildman–Crippen MR) is 147 cm³/mol. The molecule has 0 radical (unpaired) electrons. The first-order chi connectivity index (χ1) is 18.2. The van der Waals surface area contributed by atoms with Gasteiger partial charge in [0.15, 0.2) is 5.82 Å². The van der Waals surface area contributed by atoms with Crippen molar-refractivity contribution >= 4 is 34.2 Å². The van der Waals surface area contributed by atoms with Crippen LogP contribution in [0.4, 0.5) is 5.82 Å². The van der Waals surface area contributed by atoms with Gasteiger partial charge in [-0.2, -0.15) is 0 Å². The van der Waals surface area contributed by atoms with Crippen LogP contribution < -0.4 is 14.8 Å². The molecule has 0 aliphatic heterocycles. The van der Waals surface area contributed by atoms with Gasteiger partial charge in [0, 0.05) is 25.2 Å². The quantitative estimate of drug-likeness (QED) is 0.279. The van der Waals surface area contributed by atoms with E-state index in [-0.39, 0.29) is 0 Å². The molecule has 1 amide bonds. The van der Waals surface area contributed by atoms with Gasteiger partial charge in [-0.1, -0.05) is 18.2 Å². The van der Waals surface area contributed by atoms with Crippen molar-refractivity contribution in [2.45, 2.75) is 46.1 Å². The van der Waals surface area contributed by atoms with E-state index in [0.29, 0.717) is 49.9 Å². The van der Waals surface area contributed by atoms with Crippen LogP contribution in [0, 0.1) is 0 Å². The Morgan fingerprint density at radius 3 is 2.29 bits per heavy atom. The van der Waals surface area contributed by atoms with Gasteiger partial charge >= 0.3 is 0 Å². The Balaban J connectivity index is 0.000000260. The number of anilines is 1. The van der Waals surface area contributed by atoms with Gasteiger partial charge in [0.05, 0.1) is 44.0 Å². The molecule has 0 unspecified atom stereocenters. The van der Waals surface area contributed by atoms with E-state index in [2.05, 4.69) is 15.3 Å². The number of amides is 1. The summed E-state index contributed by atoms with van der Waals surface area (Å²) >= 11 is 0. The Kier molecular flexibility index (Phi) is 10.0. The van der Waals surface area contributed by atoms with Crippen LogP contribution in [-0.2, 0) is 34.0 Å². The first-order valence-corrected chi connectivity index (χ1v) is 12.2. The largest absolute Gasteiger partial charge is 0.497 e. The molecule has 4 rings (SSSR count). The molecule has 2 heterocycles. The fourth-order valence-corrected chi connectivity index (χ4v) is 4.02. The van der Waals surface area contributed by atoms with Crippen molar-refractivity contribution in [2.24, 2.45) is 0 Å². The van der Waals surface area contributed by atoms with Crippen LogP contribution in [0.3, 0.4) is 0 Å². The lowest BCUT2D eigenvalue weighted by Gasteiger charge is -2.20. The van der Waals surface area contributed by atoms with Gasteiger partial charge in [0.2, 0.25) is 6.41 Å². The minimum Gasteiger partial charge on any atom is -0.497 e. The molecular weight excluding hydrogens is 488 g/mol. The molecule has 0 spiro atoms. The molecule has 0 aliphatic carbocycles. The summed E-state index contributed by atoms with van der Waals surface area (Å²) in [7, 11) is 4.92. The first-order valence-electron chi connectivity index (χ1n) is 12.2. The van der Waals surface area contributed by atoms with Gasteiger partial charge < -0.3 is 33.9 Å². The topological polar surface area (TPSA) is 117 Å². The van der Waals surface area contributed by atoms with E-state index < -0.39 is 5.60 Å². The van der Waals surface area contributed by atoms with E-state index in [1.807, 2.05) is 54.0 Å². The fourth-order valence-electron chi connectivity index (χ4n) is 4.02. The molecule has 10 nitrogen and oxygen atoms in total. The second-order valence-electron chi connectivity index (χ2n) is 9.15. The molecule has 4 aromatic rings. The number of rotatable bonds is 11. The zero-order valence-corrected chi connectivity index (χ0v) is 22.8. The van der Waals surface area contributed by atoms with Crippen molar-refractivity contribution in [3.63, 3.8) is 0 Å². The van der Waals surface area contributed by atoms with Gasteiger partial charge in [-0.25, -0.2) is 9.97 Å². The summed E-state index contributed by atoms with van der Waals surface area (Å²) in [5, 5.41) is 13.9. The third-order valence-corrected chi connectivity index (χ3v) is 5.56. The molecule has 38 heavy (non-hydrogen) atoms. The molecule has 0 atom stereocenters. The van der Waals surface area contributed by atoms with Gasteiger partial charge in [0.1, 0.15) is 29.4 Å². The molecule has 204 valence electrons. The minimum absolute atomic E-state index is 0.316. The lowest BCUT2D eigenvalue weighted by atomic mass is 10.1. The molecule has 2 N–H and O–H groups in total. The maximum atomic E-state index is 11.0. The minimum atomic E-state index is -0.933.